The van der Waals surface area contributed by atoms with E-state index in [0.717, 1.165) is 12.8 Å². The molecule has 0 aliphatic heterocycles. The molecule has 0 aliphatic carbocycles. The Kier molecular flexibility index (Phi) is 9.07. The quantitative estimate of drug-likeness (QED) is 0.546. The summed E-state index contributed by atoms with van der Waals surface area (Å²) in [5.41, 5.74) is 6.15. The molecule has 9 heteroatoms. The molecule has 148 valence electrons. The number of nitrogens with two attached hydrogens (primary N) is 1. The summed E-state index contributed by atoms with van der Waals surface area (Å²) in [4.78, 5) is 12.1. The molecule has 0 unspecified atom stereocenters. The topological polar surface area (TPSA) is 111 Å². The first-order valence-corrected chi connectivity index (χ1v) is 9.70. The van der Waals surface area contributed by atoms with Crippen LogP contribution < -0.4 is 20.5 Å². The maximum atomic E-state index is 12.5. The molecule has 0 saturated heterocycles. The van der Waals surface area contributed by atoms with Crippen LogP contribution in [0.25, 0.3) is 0 Å². The van der Waals surface area contributed by atoms with Crippen molar-refractivity contribution in [2.45, 2.75) is 17.7 Å². The molecule has 2 aromatic rings. The van der Waals surface area contributed by atoms with Crippen LogP contribution in [0.3, 0.4) is 0 Å². The zero-order chi connectivity index (χ0) is 19.0. The fourth-order valence-corrected chi connectivity index (χ4v) is 3.36. The third-order valence-electron chi connectivity index (χ3n) is 3.69. The van der Waals surface area contributed by atoms with Crippen LogP contribution in [0, 0.1) is 0 Å². The highest BCUT2D eigenvalue weighted by atomic mass is 35.5. The lowest BCUT2D eigenvalue weighted by Crippen LogP contribution is -2.25. The first kappa shape index (κ1) is 22.8. The van der Waals surface area contributed by atoms with Gasteiger partial charge in [-0.25, -0.2) is 8.42 Å². The Labute approximate surface area is 165 Å². The predicted molar refractivity (Wildman–Crippen MR) is 108 cm³/mol. The molecule has 0 atom stereocenters. The van der Waals surface area contributed by atoms with Crippen molar-refractivity contribution in [3.63, 3.8) is 0 Å². The molecule has 0 radical (unpaired) electrons. The van der Waals surface area contributed by atoms with Crippen LogP contribution in [0.2, 0.25) is 0 Å². The Bertz CT molecular complexity index is 842. The van der Waals surface area contributed by atoms with Crippen molar-refractivity contribution in [3.8, 4) is 5.75 Å². The smallest absolute Gasteiger partial charge is 0.262 e. The summed E-state index contributed by atoms with van der Waals surface area (Å²) in [6.45, 7) is 1.12. The minimum absolute atomic E-state index is 0. The molecule has 0 fully saturated rings. The molecular formula is C18H24ClN3O4S. The van der Waals surface area contributed by atoms with Gasteiger partial charge in [0.25, 0.3) is 15.9 Å². The summed E-state index contributed by atoms with van der Waals surface area (Å²) < 4.78 is 32.7. The van der Waals surface area contributed by atoms with E-state index in [0.29, 0.717) is 30.1 Å². The Balaban J connectivity index is 0.00000364. The minimum Gasteiger partial charge on any atom is -0.495 e. The number of carbonyl (C=O) groups excluding carboxylic acids is 1. The van der Waals surface area contributed by atoms with E-state index in [1.54, 1.807) is 24.3 Å². The largest absolute Gasteiger partial charge is 0.495 e. The normalized spacial score (nSPS) is 10.6. The molecule has 4 N–H and O–H groups in total. The van der Waals surface area contributed by atoms with Gasteiger partial charge in [-0.2, -0.15) is 0 Å². The van der Waals surface area contributed by atoms with Crippen LogP contribution in [0.5, 0.6) is 5.75 Å². The van der Waals surface area contributed by atoms with Gasteiger partial charge in [0, 0.05) is 12.1 Å². The monoisotopic (exact) mass is 413 g/mol. The number of ether oxygens (including phenoxy) is 1. The molecule has 0 saturated carbocycles. The van der Waals surface area contributed by atoms with Gasteiger partial charge < -0.3 is 15.8 Å². The highest BCUT2D eigenvalue weighted by Gasteiger charge is 2.17. The Morgan fingerprint density at radius 3 is 2.37 bits per heavy atom. The molecule has 0 heterocycles. The second kappa shape index (κ2) is 10.8. The van der Waals surface area contributed by atoms with E-state index in [9.17, 15) is 13.2 Å². The molecule has 0 aromatic heterocycles. The number of amides is 1. The predicted octanol–water partition coefficient (Wildman–Crippen LogP) is 2.39. The van der Waals surface area contributed by atoms with Gasteiger partial charge in [-0.15, -0.1) is 12.4 Å². The fourth-order valence-electron chi connectivity index (χ4n) is 2.29. The number of hydrogen-bond acceptors (Lipinski definition) is 5. The minimum atomic E-state index is -3.79. The standard InChI is InChI=1S/C18H23N3O4S.ClH/c1-25-17-7-3-2-6-16(17)21-26(23,24)15-10-8-14(9-11-15)18(22)20-13-5-4-12-19;/h2-3,6-11,21H,4-5,12-13,19H2,1H3,(H,20,22);1H. The number of unbranched alkanes of at least 4 members (excludes halogenated alkanes) is 1. The van der Waals surface area contributed by atoms with Crippen LogP contribution in [0.1, 0.15) is 23.2 Å². The molecule has 0 aliphatic rings. The van der Waals surface area contributed by atoms with Crippen molar-refractivity contribution in [3.05, 3.63) is 54.1 Å². The molecule has 27 heavy (non-hydrogen) atoms. The molecule has 1 amide bonds. The van der Waals surface area contributed by atoms with Crippen LogP contribution >= 0.6 is 12.4 Å². The van der Waals surface area contributed by atoms with Gasteiger partial charge in [-0.05, 0) is 55.8 Å². The number of hydrogen-bond donors (Lipinski definition) is 3. The molecular weight excluding hydrogens is 390 g/mol. The van der Waals surface area contributed by atoms with Crippen molar-refractivity contribution in [2.24, 2.45) is 5.73 Å². The summed E-state index contributed by atoms with van der Waals surface area (Å²) in [7, 11) is -2.32. The zero-order valence-electron chi connectivity index (χ0n) is 15.0. The van der Waals surface area contributed by atoms with Gasteiger partial charge in [0.15, 0.2) is 0 Å². The third kappa shape index (κ3) is 6.42. The Hall–Kier alpha value is -2.29. The number of para-hydroxylation sites is 2. The SMILES string of the molecule is COc1ccccc1NS(=O)(=O)c1ccc(C(=O)NCCCCN)cc1.Cl. The first-order valence-electron chi connectivity index (χ1n) is 8.22. The van der Waals surface area contributed by atoms with Crippen LogP contribution in [-0.4, -0.2) is 34.5 Å². The van der Waals surface area contributed by atoms with Crippen molar-refractivity contribution >= 4 is 34.0 Å². The fraction of sp³-hybridized carbons (Fsp3) is 0.278. The Morgan fingerprint density at radius 1 is 1.07 bits per heavy atom. The van der Waals surface area contributed by atoms with Gasteiger partial charge in [-0.3, -0.25) is 9.52 Å². The average Bonchev–Trinajstić information content (AvgIpc) is 2.65. The molecule has 2 rings (SSSR count). The lowest BCUT2D eigenvalue weighted by atomic mass is 10.2. The summed E-state index contributed by atoms with van der Waals surface area (Å²) in [5, 5.41) is 2.77. The lowest BCUT2D eigenvalue weighted by Gasteiger charge is -2.12. The van der Waals surface area contributed by atoms with Gasteiger partial charge in [0.05, 0.1) is 17.7 Å². The van der Waals surface area contributed by atoms with Gasteiger partial charge in [0.1, 0.15) is 5.75 Å². The molecule has 0 bridgehead atoms. The number of nitrogens with one attached hydrogen (secondary N) is 2. The Morgan fingerprint density at radius 2 is 1.74 bits per heavy atom. The number of halogens is 1. The van der Waals surface area contributed by atoms with Crippen molar-refractivity contribution in [1.82, 2.24) is 5.32 Å². The third-order valence-corrected chi connectivity index (χ3v) is 5.08. The maximum Gasteiger partial charge on any atom is 0.262 e. The molecule has 2 aromatic carbocycles. The summed E-state index contributed by atoms with van der Waals surface area (Å²) in [6, 6.07) is 12.5. The number of sulfonamides is 1. The van der Waals surface area contributed by atoms with E-state index in [1.165, 1.54) is 31.4 Å². The highest BCUT2D eigenvalue weighted by Crippen LogP contribution is 2.26. The van der Waals surface area contributed by atoms with Gasteiger partial charge in [-0.1, -0.05) is 12.1 Å². The maximum absolute atomic E-state index is 12.5. The van der Waals surface area contributed by atoms with E-state index >= 15 is 0 Å². The lowest BCUT2D eigenvalue weighted by molar-refractivity contribution is 0.0953. The molecule has 0 spiro atoms. The van der Waals surface area contributed by atoms with E-state index < -0.39 is 10.0 Å². The van der Waals surface area contributed by atoms with Crippen LogP contribution in [0.4, 0.5) is 5.69 Å². The second-order valence-electron chi connectivity index (χ2n) is 5.58. The average molecular weight is 414 g/mol. The number of benzene rings is 2. The summed E-state index contributed by atoms with van der Waals surface area (Å²) >= 11 is 0. The number of anilines is 1. The van der Waals surface area contributed by atoms with E-state index in [2.05, 4.69) is 10.0 Å². The first-order chi connectivity index (χ1) is 12.5. The van der Waals surface area contributed by atoms with Gasteiger partial charge in [0.2, 0.25) is 0 Å². The second-order valence-corrected chi connectivity index (χ2v) is 7.26. The highest BCUT2D eigenvalue weighted by molar-refractivity contribution is 7.92. The van der Waals surface area contributed by atoms with E-state index in [4.69, 9.17) is 10.5 Å². The van der Waals surface area contributed by atoms with E-state index in [1.807, 2.05) is 0 Å². The van der Waals surface area contributed by atoms with Gasteiger partial charge >= 0.3 is 0 Å². The zero-order valence-corrected chi connectivity index (χ0v) is 16.6. The number of methoxy groups -OCH3 is 1. The van der Waals surface area contributed by atoms with Crippen LogP contribution in [0.15, 0.2) is 53.4 Å². The van der Waals surface area contributed by atoms with Crippen molar-refractivity contribution < 1.29 is 17.9 Å². The van der Waals surface area contributed by atoms with E-state index in [-0.39, 0.29) is 23.2 Å². The van der Waals surface area contributed by atoms with Crippen molar-refractivity contribution in [1.29, 1.82) is 0 Å². The molecule has 7 nitrogen and oxygen atoms in total. The van der Waals surface area contributed by atoms with Crippen molar-refractivity contribution in [2.75, 3.05) is 24.9 Å². The van der Waals surface area contributed by atoms with Crippen LogP contribution in [-0.2, 0) is 10.0 Å². The summed E-state index contributed by atoms with van der Waals surface area (Å²) in [6.07, 6.45) is 1.64. The number of rotatable bonds is 9. The number of carbonyl (C=O) groups is 1. The summed E-state index contributed by atoms with van der Waals surface area (Å²) in [5.74, 6) is 0.174.